The van der Waals surface area contributed by atoms with E-state index in [9.17, 15) is 0 Å². The Labute approximate surface area is 391 Å². The molecule has 0 unspecified atom stereocenters. The van der Waals surface area contributed by atoms with Crippen molar-refractivity contribution in [3.8, 4) is 50.2 Å². The third-order valence-electron chi connectivity index (χ3n) is 14.4. The molecule has 67 heavy (non-hydrogen) atoms. The molecule has 0 spiro atoms. The van der Waals surface area contributed by atoms with Crippen LogP contribution in [0.25, 0.3) is 93.5 Å². The molecule has 0 saturated carbocycles. The van der Waals surface area contributed by atoms with Crippen LogP contribution in [0.3, 0.4) is 0 Å². The van der Waals surface area contributed by atoms with E-state index < -0.39 is 0 Å². The van der Waals surface area contributed by atoms with Crippen LogP contribution in [-0.2, 0) is 5.41 Å². The van der Waals surface area contributed by atoms with Gasteiger partial charge in [-0.1, -0.05) is 190 Å². The summed E-state index contributed by atoms with van der Waals surface area (Å²) >= 11 is 0. The smallest absolute Gasteiger partial charge is 0.0547 e. The Balaban J connectivity index is 0.936. The van der Waals surface area contributed by atoms with Crippen molar-refractivity contribution in [2.75, 3.05) is 4.90 Å². The van der Waals surface area contributed by atoms with Gasteiger partial charge in [0.2, 0.25) is 0 Å². The number of para-hydroxylation sites is 2. The quantitative estimate of drug-likeness (QED) is 0.145. The molecule has 0 bridgehead atoms. The molecule has 11 aromatic carbocycles. The molecule has 0 fully saturated rings. The molecule has 1 heterocycles. The van der Waals surface area contributed by atoms with E-state index in [-0.39, 0.29) is 5.41 Å². The summed E-state index contributed by atoms with van der Waals surface area (Å²) in [7, 11) is 0. The summed E-state index contributed by atoms with van der Waals surface area (Å²) in [4.78, 5) is 2.41. The van der Waals surface area contributed by atoms with Crippen LogP contribution >= 0.6 is 0 Å². The van der Waals surface area contributed by atoms with Crippen molar-refractivity contribution in [3.63, 3.8) is 0 Å². The minimum atomic E-state index is -0.0591. The summed E-state index contributed by atoms with van der Waals surface area (Å²) in [5.74, 6) is 0. The molecule has 316 valence electrons. The van der Waals surface area contributed by atoms with Crippen molar-refractivity contribution in [1.29, 1.82) is 0 Å². The lowest BCUT2D eigenvalue weighted by Gasteiger charge is -2.27. The van der Waals surface area contributed by atoms with E-state index in [2.05, 4.69) is 266 Å². The summed E-state index contributed by atoms with van der Waals surface area (Å²) in [6.07, 6.45) is 0. The van der Waals surface area contributed by atoms with Gasteiger partial charge in [0.1, 0.15) is 0 Å². The van der Waals surface area contributed by atoms with Crippen molar-refractivity contribution in [2.24, 2.45) is 0 Å². The molecule has 12 aromatic rings. The van der Waals surface area contributed by atoms with Gasteiger partial charge in [0.25, 0.3) is 0 Å². The number of nitrogens with zero attached hydrogens (tertiary/aromatic N) is 2. The van der Waals surface area contributed by atoms with Gasteiger partial charge < -0.3 is 9.47 Å². The lowest BCUT2D eigenvalue weighted by Crippen LogP contribution is -2.14. The molecule has 2 heteroatoms. The molecule has 0 radical (unpaired) electrons. The number of rotatable bonds is 7. The first-order chi connectivity index (χ1) is 33.0. The maximum absolute atomic E-state index is 2.41. The molecule has 2 nitrogen and oxygen atoms in total. The second-order valence-corrected chi connectivity index (χ2v) is 18.5. The zero-order valence-corrected chi connectivity index (χ0v) is 37.5. The fourth-order valence-electron chi connectivity index (χ4n) is 11.1. The average Bonchev–Trinajstić information content (AvgIpc) is 3.85. The summed E-state index contributed by atoms with van der Waals surface area (Å²) < 4.78 is 2.40. The van der Waals surface area contributed by atoms with Crippen LogP contribution in [0.2, 0.25) is 0 Å². The number of hydrogen-bond donors (Lipinski definition) is 0. The molecular weight excluding hydrogens is 809 g/mol. The highest BCUT2D eigenvalue weighted by atomic mass is 15.1. The summed E-state index contributed by atoms with van der Waals surface area (Å²) in [6.45, 7) is 4.71. The Kier molecular flexibility index (Phi) is 8.91. The summed E-state index contributed by atoms with van der Waals surface area (Å²) in [5, 5.41) is 7.57. The molecule has 1 aliphatic carbocycles. The minimum absolute atomic E-state index is 0.0591. The SMILES string of the molecule is CC1(C)c2ccccc2-c2ccc(-c3ccc(N(c4ccc(-c5cccc6c5ccc5ccccc56)cc4)c4cccc(-c5cccc6c5c5ccccc5n6-c5ccccc5)c4)cc3)cc21. The fraction of sp³-hybridized carbons (Fsp3) is 0.0462. The zero-order valence-electron chi connectivity index (χ0n) is 37.5. The predicted molar refractivity (Wildman–Crippen MR) is 284 cm³/mol. The normalized spacial score (nSPS) is 12.7. The van der Waals surface area contributed by atoms with Crippen molar-refractivity contribution < 1.29 is 0 Å². The molecule has 0 atom stereocenters. The van der Waals surface area contributed by atoms with Gasteiger partial charge in [0.05, 0.1) is 11.0 Å². The van der Waals surface area contributed by atoms with Gasteiger partial charge in [-0.2, -0.15) is 0 Å². The van der Waals surface area contributed by atoms with Crippen LogP contribution < -0.4 is 4.90 Å². The monoisotopic (exact) mass is 854 g/mol. The van der Waals surface area contributed by atoms with Crippen molar-refractivity contribution in [3.05, 3.63) is 254 Å². The standard InChI is InChI=1S/C65H46N2/c1-65(2)60-26-10-8-21-57(60)58-40-34-46(42-61(58)65)43-29-35-49(36-30-43)66(50-37-31-45(32-38-50)53-23-13-25-55-52-20-7-6-15-44(52)33-39-56(53)55)51-19-12-16-47(41-51)54-24-14-28-63-64(54)59-22-9-11-27-62(59)67(63)48-17-4-3-5-18-48/h3-42H,1-2H3. The van der Waals surface area contributed by atoms with E-state index >= 15 is 0 Å². The van der Waals surface area contributed by atoms with Crippen LogP contribution in [0.1, 0.15) is 25.0 Å². The van der Waals surface area contributed by atoms with Crippen LogP contribution in [0.4, 0.5) is 17.1 Å². The Morgan fingerprint density at radius 2 is 0.940 bits per heavy atom. The molecule has 1 aromatic heterocycles. The summed E-state index contributed by atoms with van der Waals surface area (Å²) in [5.41, 5.74) is 19.5. The number of aromatic nitrogens is 1. The highest BCUT2D eigenvalue weighted by Gasteiger charge is 2.35. The third kappa shape index (κ3) is 6.25. The van der Waals surface area contributed by atoms with Gasteiger partial charge in [0.15, 0.2) is 0 Å². The van der Waals surface area contributed by atoms with Gasteiger partial charge in [0, 0.05) is 38.9 Å². The lowest BCUT2D eigenvalue weighted by atomic mass is 9.81. The van der Waals surface area contributed by atoms with E-state index in [0.717, 1.165) is 22.7 Å². The molecule has 13 rings (SSSR count). The highest BCUT2D eigenvalue weighted by molar-refractivity contribution is 6.16. The number of fused-ring (bicyclic) bond motifs is 9. The molecule has 0 N–H and O–H groups in total. The Morgan fingerprint density at radius 1 is 0.328 bits per heavy atom. The van der Waals surface area contributed by atoms with Crippen LogP contribution in [-0.4, -0.2) is 4.57 Å². The largest absolute Gasteiger partial charge is 0.310 e. The van der Waals surface area contributed by atoms with E-state index in [1.807, 2.05) is 0 Å². The Morgan fingerprint density at radius 3 is 1.78 bits per heavy atom. The first-order valence-corrected chi connectivity index (χ1v) is 23.3. The van der Waals surface area contributed by atoms with Gasteiger partial charge in [-0.15, -0.1) is 0 Å². The van der Waals surface area contributed by atoms with Gasteiger partial charge in [-0.05, 0) is 144 Å². The third-order valence-corrected chi connectivity index (χ3v) is 14.4. The van der Waals surface area contributed by atoms with E-state index in [0.29, 0.717) is 0 Å². The Bertz CT molecular complexity index is 3870. The summed E-state index contributed by atoms with van der Waals surface area (Å²) in [6, 6.07) is 89.4. The lowest BCUT2D eigenvalue weighted by molar-refractivity contribution is 0.660. The average molecular weight is 855 g/mol. The minimum Gasteiger partial charge on any atom is -0.310 e. The maximum atomic E-state index is 2.41. The first-order valence-electron chi connectivity index (χ1n) is 23.3. The van der Waals surface area contributed by atoms with E-state index in [4.69, 9.17) is 0 Å². The first kappa shape index (κ1) is 39.0. The predicted octanol–water partition coefficient (Wildman–Crippen LogP) is 17.9. The topological polar surface area (TPSA) is 8.17 Å². The second-order valence-electron chi connectivity index (χ2n) is 18.5. The molecule has 0 saturated heterocycles. The number of anilines is 3. The van der Waals surface area contributed by atoms with Crippen molar-refractivity contribution in [1.82, 2.24) is 4.57 Å². The second kappa shape index (κ2) is 15.3. The number of hydrogen-bond acceptors (Lipinski definition) is 1. The van der Waals surface area contributed by atoms with Gasteiger partial charge in [-0.25, -0.2) is 0 Å². The maximum Gasteiger partial charge on any atom is 0.0547 e. The van der Waals surface area contributed by atoms with Gasteiger partial charge >= 0.3 is 0 Å². The van der Waals surface area contributed by atoms with Crippen molar-refractivity contribution >= 4 is 60.4 Å². The van der Waals surface area contributed by atoms with E-state index in [1.165, 1.54) is 99.0 Å². The Hall–Kier alpha value is -8.46. The molecule has 0 amide bonds. The van der Waals surface area contributed by atoms with Crippen LogP contribution in [0, 0.1) is 0 Å². The fourth-order valence-corrected chi connectivity index (χ4v) is 11.1. The zero-order chi connectivity index (χ0) is 44.6. The van der Waals surface area contributed by atoms with Crippen molar-refractivity contribution in [2.45, 2.75) is 19.3 Å². The van der Waals surface area contributed by atoms with Crippen LogP contribution in [0.5, 0.6) is 0 Å². The molecular formula is C65H46N2. The van der Waals surface area contributed by atoms with E-state index in [1.54, 1.807) is 0 Å². The van der Waals surface area contributed by atoms with Gasteiger partial charge in [-0.3, -0.25) is 0 Å². The van der Waals surface area contributed by atoms with Crippen LogP contribution in [0.15, 0.2) is 243 Å². The highest BCUT2D eigenvalue weighted by Crippen LogP contribution is 2.50. The molecule has 0 aliphatic heterocycles. The number of benzene rings is 11. The molecule has 1 aliphatic rings.